The molecule has 0 fully saturated rings. The van der Waals surface area contributed by atoms with Crippen LogP contribution >= 0.6 is 0 Å². The second kappa shape index (κ2) is 4.17. The van der Waals surface area contributed by atoms with Crippen molar-refractivity contribution < 1.29 is 14.3 Å². The molecule has 0 aromatic rings. The van der Waals surface area contributed by atoms with Crippen molar-refractivity contribution in [1.82, 2.24) is 4.90 Å². The van der Waals surface area contributed by atoms with E-state index in [-0.39, 0.29) is 23.8 Å². The Morgan fingerprint density at radius 2 is 1.65 bits per heavy atom. The van der Waals surface area contributed by atoms with Gasteiger partial charge in [-0.05, 0) is 26.2 Å². The number of amides is 2. The molecule has 0 aromatic heterocycles. The lowest BCUT2D eigenvalue weighted by molar-refractivity contribution is -0.149. The van der Waals surface area contributed by atoms with Crippen LogP contribution in [0.5, 0.6) is 0 Å². The third-order valence-electron chi connectivity index (χ3n) is 2.57. The highest BCUT2D eigenvalue weighted by Crippen LogP contribution is 2.30. The van der Waals surface area contributed by atoms with E-state index in [2.05, 4.69) is 0 Å². The number of carbonyl (C=O) groups excluding carboxylic acids is 2. The molecule has 0 radical (unpaired) electrons. The zero-order valence-corrected chi connectivity index (χ0v) is 11.5. The number of hydrogen-bond acceptors (Lipinski definition) is 3. The van der Waals surface area contributed by atoms with Crippen molar-refractivity contribution in [3.8, 4) is 0 Å². The standard InChI is InChI=1S/C13H21NO3/c1-12(2,3)9-7-17-8-10(15)14(11(9)16)13(4,5)6/h7H,8H2,1-6H3. The molecule has 96 valence electrons. The Hall–Kier alpha value is -1.32. The lowest BCUT2D eigenvalue weighted by atomic mass is 9.85. The summed E-state index contributed by atoms with van der Waals surface area (Å²) in [5.74, 6) is -0.550. The normalized spacial score (nSPS) is 18.7. The van der Waals surface area contributed by atoms with Gasteiger partial charge < -0.3 is 4.74 Å². The number of hydrogen-bond donors (Lipinski definition) is 0. The molecule has 4 nitrogen and oxygen atoms in total. The van der Waals surface area contributed by atoms with Gasteiger partial charge in [0.15, 0.2) is 6.61 Å². The SMILES string of the molecule is CC(C)(C)C1=COCC(=O)N(C(C)(C)C)C1=O. The zero-order valence-electron chi connectivity index (χ0n) is 11.5. The van der Waals surface area contributed by atoms with E-state index in [0.717, 1.165) is 0 Å². The molecule has 17 heavy (non-hydrogen) atoms. The van der Waals surface area contributed by atoms with E-state index >= 15 is 0 Å². The lowest BCUT2D eigenvalue weighted by Crippen LogP contribution is -2.51. The monoisotopic (exact) mass is 239 g/mol. The number of rotatable bonds is 0. The fourth-order valence-corrected chi connectivity index (χ4v) is 1.72. The van der Waals surface area contributed by atoms with Crippen LogP contribution in [0.25, 0.3) is 0 Å². The molecule has 1 rings (SSSR count). The predicted octanol–water partition coefficient (Wildman–Crippen LogP) is 2.10. The third kappa shape index (κ3) is 2.87. The quantitative estimate of drug-likeness (QED) is 0.608. The van der Waals surface area contributed by atoms with Crippen molar-refractivity contribution in [2.75, 3.05) is 6.61 Å². The first-order chi connectivity index (χ1) is 7.55. The molecule has 0 N–H and O–H groups in total. The van der Waals surface area contributed by atoms with Gasteiger partial charge in [0, 0.05) is 5.54 Å². The molecule has 0 saturated heterocycles. The topological polar surface area (TPSA) is 46.6 Å². The van der Waals surface area contributed by atoms with Crippen molar-refractivity contribution in [1.29, 1.82) is 0 Å². The predicted molar refractivity (Wildman–Crippen MR) is 65.1 cm³/mol. The fraction of sp³-hybridized carbons (Fsp3) is 0.692. The van der Waals surface area contributed by atoms with Crippen LogP contribution in [0.2, 0.25) is 0 Å². The molecule has 4 heteroatoms. The van der Waals surface area contributed by atoms with Gasteiger partial charge in [-0.25, -0.2) is 0 Å². The number of carbonyl (C=O) groups is 2. The average Bonchev–Trinajstić information content (AvgIpc) is 2.20. The molecule has 0 aromatic carbocycles. The smallest absolute Gasteiger partial charge is 0.267 e. The van der Waals surface area contributed by atoms with Gasteiger partial charge in [0.1, 0.15) is 0 Å². The molecule has 1 aliphatic heterocycles. The maximum atomic E-state index is 12.4. The summed E-state index contributed by atoms with van der Waals surface area (Å²) >= 11 is 0. The molecule has 0 unspecified atom stereocenters. The first-order valence-corrected chi connectivity index (χ1v) is 5.75. The highest BCUT2D eigenvalue weighted by Gasteiger charge is 2.39. The largest absolute Gasteiger partial charge is 0.491 e. The Kier molecular flexibility index (Phi) is 3.37. The van der Waals surface area contributed by atoms with Gasteiger partial charge in [0.2, 0.25) is 0 Å². The number of imide groups is 1. The van der Waals surface area contributed by atoms with Crippen molar-refractivity contribution in [3.05, 3.63) is 11.8 Å². The highest BCUT2D eigenvalue weighted by atomic mass is 16.5. The van der Waals surface area contributed by atoms with Crippen LogP contribution in [0.3, 0.4) is 0 Å². The van der Waals surface area contributed by atoms with Crippen LogP contribution < -0.4 is 0 Å². The zero-order chi connectivity index (χ0) is 13.4. The Balaban J connectivity index is 3.20. The maximum Gasteiger partial charge on any atom is 0.267 e. The summed E-state index contributed by atoms with van der Waals surface area (Å²) in [5.41, 5.74) is -0.351. The molecule has 0 saturated carbocycles. The number of nitrogens with zero attached hydrogens (tertiary/aromatic N) is 1. The Morgan fingerprint density at radius 3 is 2.06 bits per heavy atom. The third-order valence-corrected chi connectivity index (χ3v) is 2.57. The maximum absolute atomic E-state index is 12.4. The second-order valence-electron chi connectivity index (χ2n) is 6.30. The fourth-order valence-electron chi connectivity index (χ4n) is 1.72. The molecule has 0 aliphatic carbocycles. The molecule has 1 aliphatic rings. The van der Waals surface area contributed by atoms with Gasteiger partial charge in [-0.1, -0.05) is 20.8 Å². The summed E-state index contributed by atoms with van der Waals surface area (Å²) in [7, 11) is 0. The highest BCUT2D eigenvalue weighted by molar-refractivity contribution is 6.06. The van der Waals surface area contributed by atoms with Crippen LogP contribution in [-0.2, 0) is 14.3 Å². The molecule has 1 heterocycles. The van der Waals surface area contributed by atoms with Gasteiger partial charge in [-0.3, -0.25) is 14.5 Å². The first kappa shape index (κ1) is 13.7. The lowest BCUT2D eigenvalue weighted by Gasteiger charge is -2.34. The van der Waals surface area contributed by atoms with E-state index in [4.69, 9.17) is 4.74 Å². The minimum Gasteiger partial charge on any atom is -0.491 e. The molecular weight excluding hydrogens is 218 g/mol. The van der Waals surface area contributed by atoms with E-state index in [1.807, 2.05) is 41.5 Å². The minimum absolute atomic E-state index is 0.0808. The second-order valence-corrected chi connectivity index (χ2v) is 6.30. The average molecular weight is 239 g/mol. The van der Waals surface area contributed by atoms with E-state index in [1.54, 1.807) is 0 Å². The van der Waals surface area contributed by atoms with Crippen LogP contribution in [-0.4, -0.2) is 28.9 Å². The van der Waals surface area contributed by atoms with Gasteiger partial charge in [0.25, 0.3) is 11.8 Å². The van der Waals surface area contributed by atoms with Gasteiger partial charge in [0.05, 0.1) is 11.8 Å². The molecular formula is C13H21NO3. The Morgan fingerprint density at radius 1 is 1.12 bits per heavy atom. The summed E-state index contributed by atoms with van der Waals surface area (Å²) in [5, 5.41) is 0. The molecule has 0 bridgehead atoms. The molecule has 2 amide bonds. The Labute approximate surface area is 103 Å². The Bertz CT molecular complexity index is 369. The van der Waals surface area contributed by atoms with Crippen LogP contribution in [0.1, 0.15) is 41.5 Å². The molecule has 0 atom stereocenters. The summed E-state index contributed by atoms with van der Waals surface area (Å²) in [6.45, 7) is 11.2. The first-order valence-electron chi connectivity index (χ1n) is 5.75. The van der Waals surface area contributed by atoms with Crippen molar-refractivity contribution in [2.45, 2.75) is 47.1 Å². The van der Waals surface area contributed by atoms with Crippen molar-refractivity contribution >= 4 is 11.8 Å². The van der Waals surface area contributed by atoms with Gasteiger partial charge >= 0.3 is 0 Å². The van der Waals surface area contributed by atoms with Gasteiger partial charge in [-0.15, -0.1) is 0 Å². The summed E-state index contributed by atoms with van der Waals surface area (Å²) in [4.78, 5) is 25.6. The summed E-state index contributed by atoms with van der Waals surface area (Å²) in [6.07, 6.45) is 1.42. The summed E-state index contributed by atoms with van der Waals surface area (Å²) < 4.78 is 5.17. The van der Waals surface area contributed by atoms with E-state index in [0.29, 0.717) is 5.57 Å². The van der Waals surface area contributed by atoms with Crippen LogP contribution in [0, 0.1) is 5.41 Å². The number of ether oxygens (including phenoxy) is 1. The van der Waals surface area contributed by atoms with E-state index in [1.165, 1.54) is 11.2 Å². The summed E-state index contributed by atoms with van der Waals surface area (Å²) in [6, 6.07) is 0. The van der Waals surface area contributed by atoms with E-state index in [9.17, 15) is 9.59 Å². The van der Waals surface area contributed by atoms with Crippen molar-refractivity contribution in [3.63, 3.8) is 0 Å². The van der Waals surface area contributed by atoms with Gasteiger partial charge in [-0.2, -0.15) is 0 Å². The van der Waals surface area contributed by atoms with E-state index < -0.39 is 5.54 Å². The van der Waals surface area contributed by atoms with Crippen molar-refractivity contribution in [2.24, 2.45) is 5.41 Å². The molecule has 0 spiro atoms. The minimum atomic E-state index is -0.536. The van der Waals surface area contributed by atoms with Crippen LogP contribution in [0.15, 0.2) is 11.8 Å². The van der Waals surface area contributed by atoms with Crippen LogP contribution in [0.4, 0.5) is 0 Å².